The van der Waals surface area contributed by atoms with Crippen LogP contribution in [0.2, 0.25) is 0 Å². The second-order valence-electron chi connectivity index (χ2n) is 4.28. The van der Waals surface area contributed by atoms with E-state index in [1.165, 1.54) is 0 Å². The third-order valence-corrected chi connectivity index (χ3v) is 1.89. The molecule has 0 rings (SSSR count). The van der Waals surface area contributed by atoms with Gasteiger partial charge in [0.2, 0.25) is 5.56 Å². The molecule has 0 aromatic carbocycles. The van der Waals surface area contributed by atoms with Gasteiger partial charge in [0.05, 0.1) is 6.61 Å². The van der Waals surface area contributed by atoms with E-state index < -0.39 is 17.3 Å². The van der Waals surface area contributed by atoms with E-state index in [2.05, 4.69) is 13.2 Å². The van der Waals surface area contributed by atoms with Crippen molar-refractivity contribution in [3.8, 4) is 0 Å². The molecule has 1 unspecified atom stereocenters. The molecule has 0 saturated heterocycles. The Morgan fingerprint density at radius 3 is 2.29 bits per heavy atom. The fourth-order valence-corrected chi connectivity index (χ4v) is 1.02. The van der Waals surface area contributed by atoms with Crippen LogP contribution in [0.25, 0.3) is 0 Å². The summed E-state index contributed by atoms with van der Waals surface area (Å²) < 4.78 is 14.9. The normalized spacial score (nSPS) is 12.5. The Balaban J connectivity index is 4.26. The minimum atomic E-state index is -1.05. The van der Waals surface area contributed by atoms with Gasteiger partial charge >= 0.3 is 6.16 Å². The van der Waals surface area contributed by atoms with Gasteiger partial charge < -0.3 is 14.2 Å². The summed E-state index contributed by atoms with van der Waals surface area (Å²) in [6.07, 6.45) is -0.858. The topological polar surface area (TPSA) is 44.8 Å². The molecule has 1 atom stereocenters. The lowest BCUT2D eigenvalue weighted by molar-refractivity contribution is -0.00910. The summed E-state index contributed by atoms with van der Waals surface area (Å²) >= 11 is 5.82. The van der Waals surface area contributed by atoms with Crippen molar-refractivity contribution in [2.45, 2.75) is 38.9 Å². The maximum Gasteiger partial charge on any atom is 0.510 e. The lowest BCUT2D eigenvalue weighted by atomic mass is 10.2. The van der Waals surface area contributed by atoms with Crippen molar-refractivity contribution in [2.75, 3.05) is 6.61 Å². The molecular formula is C12H19ClO4. The molecule has 0 aromatic heterocycles. The summed E-state index contributed by atoms with van der Waals surface area (Å²) in [6.45, 7) is 14.7. The smallest absolute Gasteiger partial charge is 0.494 e. The fraction of sp³-hybridized carbons (Fsp3) is 0.583. The van der Waals surface area contributed by atoms with Crippen molar-refractivity contribution < 1.29 is 19.0 Å². The second kappa shape index (κ2) is 6.55. The van der Waals surface area contributed by atoms with Crippen molar-refractivity contribution in [1.82, 2.24) is 0 Å². The number of rotatable bonds is 5. The van der Waals surface area contributed by atoms with Gasteiger partial charge in [-0.1, -0.05) is 24.8 Å². The van der Waals surface area contributed by atoms with Gasteiger partial charge in [-0.3, -0.25) is 0 Å². The van der Waals surface area contributed by atoms with E-state index in [9.17, 15) is 4.79 Å². The Kier molecular flexibility index (Phi) is 6.10. The molecule has 5 heteroatoms. The molecule has 4 nitrogen and oxygen atoms in total. The molecule has 0 N–H and O–H groups in total. The highest BCUT2D eigenvalue weighted by molar-refractivity contribution is 6.22. The van der Waals surface area contributed by atoms with Gasteiger partial charge in [-0.05, 0) is 27.7 Å². The van der Waals surface area contributed by atoms with E-state index in [-0.39, 0.29) is 5.76 Å². The molecule has 0 aliphatic heterocycles. The fourth-order valence-electron chi connectivity index (χ4n) is 0.823. The molecule has 0 spiro atoms. The Bertz CT molecular complexity index is 304. The van der Waals surface area contributed by atoms with Crippen LogP contribution in [0.1, 0.15) is 27.7 Å². The molecule has 0 saturated carbocycles. The third kappa shape index (κ3) is 6.89. The zero-order valence-electron chi connectivity index (χ0n) is 10.7. The Hall–Kier alpha value is -1.16. The predicted molar refractivity (Wildman–Crippen MR) is 66.9 cm³/mol. The lowest BCUT2D eigenvalue weighted by Gasteiger charge is -2.21. The van der Waals surface area contributed by atoms with E-state index in [0.717, 1.165) is 0 Å². The largest absolute Gasteiger partial charge is 0.510 e. The van der Waals surface area contributed by atoms with Gasteiger partial charge in [0.25, 0.3) is 0 Å². The highest BCUT2D eigenvalue weighted by Crippen LogP contribution is 2.19. The third-order valence-electron chi connectivity index (χ3n) is 1.54. The number of carbonyl (C=O) groups excluding carboxylic acids is 1. The first kappa shape index (κ1) is 15.8. The standard InChI is InChI=1S/C12H19ClO4/c1-7-15-9(3)8(2)10(13)16-11(14)17-12(4,5)6/h10H,2-3,7H2,1,4-6H3. The predicted octanol–water partition coefficient (Wildman–Crippen LogP) is 3.61. The Morgan fingerprint density at radius 1 is 1.35 bits per heavy atom. The van der Waals surface area contributed by atoms with Crippen LogP contribution in [-0.2, 0) is 14.2 Å². The Labute approximate surface area is 107 Å². The summed E-state index contributed by atoms with van der Waals surface area (Å²) in [5.41, 5.74) is -1.39. The molecular weight excluding hydrogens is 244 g/mol. The van der Waals surface area contributed by atoms with Crippen LogP contribution in [0.15, 0.2) is 24.5 Å². The average Bonchev–Trinajstić information content (AvgIpc) is 2.13. The molecule has 0 heterocycles. The summed E-state index contributed by atoms with van der Waals surface area (Å²) in [4.78, 5) is 11.3. The van der Waals surface area contributed by atoms with Crippen LogP contribution >= 0.6 is 11.6 Å². The van der Waals surface area contributed by atoms with E-state index in [4.69, 9.17) is 25.8 Å². The van der Waals surface area contributed by atoms with Crippen molar-refractivity contribution in [1.29, 1.82) is 0 Å². The molecule has 0 aromatic rings. The number of hydrogen-bond donors (Lipinski definition) is 0. The van der Waals surface area contributed by atoms with E-state index in [1.54, 1.807) is 27.7 Å². The van der Waals surface area contributed by atoms with Crippen LogP contribution in [0.4, 0.5) is 4.79 Å². The number of carbonyl (C=O) groups is 1. The highest BCUT2D eigenvalue weighted by Gasteiger charge is 2.23. The maximum atomic E-state index is 11.3. The van der Waals surface area contributed by atoms with Crippen LogP contribution in [0, 0.1) is 0 Å². The minimum Gasteiger partial charge on any atom is -0.494 e. The number of alkyl halides is 1. The number of ether oxygens (including phenoxy) is 3. The average molecular weight is 263 g/mol. The zero-order chi connectivity index (χ0) is 13.6. The molecule has 0 radical (unpaired) electrons. The van der Waals surface area contributed by atoms with Gasteiger partial charge in [-0.2, -0.15) is 0 Å². The monoisotopic (exact) mass is 262 g/mol. The van der Waals surface area contributed by atoms with Gasteiger partial charge in [0.1, 0.15) is 11.4 Å². The first-order valence-electron chi connectivity index (χ1n) is 5.22. The van der Waals surface area contributed by atoms with Crippen LogP contribution < -0.4 is 0 Å². The lowest BCUT2D eigenvalue weighted by Crippen LogP contribution is -2.27. The highest BCUT2D eigenvalue weighted by atomic mass is 35.5. The van der Waals surface area contributed by atoms with Crippen molar-refractivity contribution in [3.05, 3.63) is 24.5 Å². The van der Waals surface area contributed by atoms with Gasteiger partial charge in [-0.25, -0.2) is 4.79 Å². The molecule has 0 amide bonds. The molecule has 0 bridgehead atoms. The Morgan fingerprint density at radius 2 is 1.88 bits per heavy atom. The summed E-state index contributed by atoms with van der Waals surface area (Å²) in [5.74, 6) is 0.288. The van der Waals surface area contributed by atoms with Crippen LogP contribution in [0.3, 0.4) is 0 Å². The quantitative estimate of drug-likeness (QED) is 0.329. The number of hydrogen-bond acceptors (Lipinski definition) is 4. The van der Waals surface area contributed by atoms with Gasteiger partial charge in [0, 0.05) is 5.57 Å². The van der Waals surface area contributed by atoms with E-state index in [1.807, 2.05) is 0 Å². The van der Waals surface area contributed by atoms with Crippen molar-refractivity contribution >= 4 is 17.8 Å². The SMILES string of the molecule is C=C(OCC)C(=C)C(Cl)OC(=O)OC(C)(C)C. The van der Waals surface area contributed by atoms with Crippen LogP contribution in [0.5, 0.6) is 0 Å². The van der Waals surface area contributed by atoms with Crippen LogP contribution in [-0.4, -0.2) is 23.9 Å². The summed E-state index contributed by atoms with van der Waals surface area (Å²) in [7, 11) is 0. The molecule has 17 heavy (non-hydrogen) atoms. The van der Waals surface area contributed by atoms with E-state index >= 15 is 0 Å². The van der Waals surface area contributed by atoms with E-state index in [0.29, 0.717) is 12.2 Å². The second-order valence-corrected chi connectivity index (χ2v) is 4.68. The molecule has 98 valence electrons. The molecule has 0 aliphatic rings. The number of halogens is 1. The molecule has 0 fully saturated rings. The van der Waals surface area contributed by atoms with Gasteiger partial charge in [0.15, 0.2) is 0 Å². The first-order chi connectivity index (χ1) is 7.67. The van der Waals surface area contributed by atoms with Crippen molar-refractivity contribution in [3.63, 3.8) is 0 Å². The first-order valence-corrected chi connectivity index (χ1v) is 5.65. The van der Waals surface area contributed by atoms with Crippen molar-refractivity contribution in [2.24, 2.45) is 0 Å². The van der Waals surface area contributed by atoms with Gasteiger partial charge in [-0.15, -0.1) is 0 Å². The summed E-state index contributed by atoms with van der Waals surface area (Å²) in [5, 5.41) is 0. The minimum absolute atomic E-state index is 0.288. The zero-order valence-corrected chi connectivity index (χ0v) is 11.5. The summed E-state index contributed by atoms with van der Waals surface area (Å²) in [6, 6.07) is 0. The molecule has 0 aliphatic carbocycles. The maximum absolute atomic E-state index is 11.3.